The quantitative estimate of drug-likeness (QED) is 0.851. The second-order valence-electron chi connectivity index (χ2n) is 3.87. The van der Waals surface area contributed by atoms with E-state index in [-0.39, 0.29) is 0 Å². The first kappa shape index (κ1) is 12.5. The summed E-state index contributed by atoms with van der Waals surface area (Å²) < 4.78 is 40.3. The van der Waals surface area contributed by atoms with Gasteiger partial charge in [0.15, 0.2) is 17.5 Å². The molecule has 0 unspecified atom stereocenters. The maximum absolute atomic E-state index is 13.0. The Kier molecular flexibility index (Phi) is 3.55. The number of nitrogens with zero attached hydrogens (tertiary/aromatic N) is 2. The van der Waals surface area contributed by atoms with Crippen LogP contribution in [0.3, 0.4) is 0 Å². The normalized spacial score (nSPS) is 10.7. The van der Waals surface area contributed by atoms with Crippen LogP contribution in [0.15, 0.2) is 24.5 Å². The lowest BCUT2D eigenvalue weighted by atomic mass is 10.1. The van der Waals surface area contributed by atoms with Gasteiger partial charge < -0.3 is 5.32 Å². The van der Waals surface area contributed by atoms with Crippen LogP contribution < -0.4 is 5.32 Å². The van der Waals surface area contributed by atoms with E-state index in [0.29, 0.717) is 18.5 Å². The van der Waals surface area contributed by atoms with Gasteiger partial charge >= 0.3 is 0 Å². The molecule has 1 aromatic carbocycles. The van der Waals surface area contributed by atoms with E-state index < -0.39 is 17.5 Å². The van der Waals surface area contributed by atoms with Gasteiger partial charge in [-0.25, -0.2) is 13.2 Å². The fraction of sp³-hybridized carbons (Fsp3) is 0.250. The van der Waals surface area contributed by atoms with Crippen LogP contribution in [0, 0.1) is 17.5 Å². The van der Waals surface area contributed by atoms with Crippen molar-refractivity contribution in [2.45, 2.75) is 13.0 Å². The van der Waals surface area contributed by atoms with E-state index in [0.717, 1.165) is 17.8 Å². The summed E-state index contributed by atoms with van der Waals surface area (Å²) in [5, 5.41) is 6.98. The van der Waals surface area contributed by atoms with Gasteiger partial charge in [0, 0.05) is 19.8 Å². The Morgan fingerprint density at radius 1 is 1.22 bits per heavy atom. The SMILES string of the molecule is CNc1cnn(CCc2cc(F)c(F)c(F)c2)c1. The van der Waals surface area contributed by atoms with E-state index in [2.05, 4.69) is 10.4 Å². The summed E-state index contributed by atoms with van der Waals surface area (Å²) >= 11 is 0. The molecule has 0 aliphatic rings. The summed E-state index contributed by atoms with van der Waals surface area (Å²) in [5.41, 5.74) is 1.25. The lowest BCUT2D eigenvalue weighted by Gasteiger charge is -2.04. The largest absolute Gasteiger partial charge is 0.386 e. The van der Waals surface area contributed by atoms with Crippen molar-refractivity contribution in [1.29, 1.82) is 0 Å². The molecule has 0 spiro atoms. The number of aromatic nitrogens is 2. The smallest absolute Gasteiger partial charge is 0.194 e. The highest BCUT2D eigenvalue weighted by molar-refractivity contribution is 5.36. The third kappa shape index (κ3) is 2.64. The summed E-state index contributed by atoms with van der Waals surface area (Å²) in [6.45, 7) is 0.464. The van der Waals surface area contributed by atoms with Gasteiger partial charge in [0.05, 0.1) is 11.9 Å². The van der Waals surface area contributed by atoms with E-state index >= 15 is 0 Å². The Hall–Kier alpha value is -1.98. The molecule has 0 aliphatic carbocycles. The first-order valence-electron chi connectivity index (χ1n) is 5.44. The first-order chi connectivity index (χ1) is 8.60. The van der Waals surface area contributed by atoms with Crippen molar-refractivity contribution < 1.29 is 13.2 Å². The number of rotatable bonds is 4. The van der Waals surface area contributed by atoms with Crippen molar-refractivity contribution in [1.82, 2.24) is 9.78 Å². The van der Waals surface area contributed by atoms with Crippen molar-refractivity contribution in [3.63, 3.8) is 0 Å². The van der Waals surface area contributed by atoms with E-state index in [4.69, 9.17) is 0 Å². The molecule has 1 heterocycles. The Labute approximate surface area is 102 Å². The Balaban J connectivity index is 2.06. The number of anilines is 1. The molecule has 96 valence electrons. The molecule has 2 aromatic rings. The van der Waals surface area contributed by atoms with E-state index in [1.165, 1.54) is 0 Å². The van der Waals surface area contributed by atoms with Crippen molar-refractivity contribution >= 4 is 5.69 Å². The highest BCUT2D eigenvalue weighted by Crippen LogP contribution is 2.14. The standard InChI is InChI=1S/C12H12F3N3/c1-16-9-6-17-18(7-9)3-2-8-4-10(13)12(15)11(14)5-8/h4-7,16H,2-3H2,1H3. The molecular formula is C12H12F3N3. The molecule has 0 atom stereocenters. The molecule has 6 heteroatoms. The minimum atomic E-state index is -1.43. The van der Waals surface area contributed by atoms with Gasteiger partial charge in [-0.15, -0.1) is 0 Å². The molecule has 1 N–H and O–H groups in total. The molecular weight excluding hydrogens is 243 g/mol. The minimum Gasteiger partial charge on any atom is -0.386 e. The first-order valence-corrected chi connectivity index (χ1v) is 5.44. The molecule has 0 saturated carbocycles. The van der Waals surface area contributed by atoms with Gasteiger partial charge in [-0.2, -0.15) is 5.10 Å². The molecule has 1 aromatic heterocycles. The average Bonchev–Trinajstić information content (AvgIpc) is 2.81. The average molecular weight is 255 g/mol. The predicted molar refractivity (Wildman–Crippen MR) is 61.8 cm³/mol. The fourth-order valence-corrected chi connectivity index (χ4v) is 1.61. The molecule has 0 amide bonds. The van der Waals surface area contributed by atoms with Crippen LogP contribution in [0.5, 0.6) is 0 Å². The summed E-state index contributed by atoms with van der Waals surface area (Å²) in [7, 11) is 1.77. The van der Waals surface area contributed by atoms with E-state index in [1.54, 1.807) is 24.1 Å². The Bertz CT molecular complexity index is 528. The zero-order valence-corrected chi connectivity index (χ0v) is 9.75. The highest BCUT2D eigenvalue weighted by atomic mass is 19.2. The van der Waals surface area contributed by atoms with Crippen LogP contribution in [0.1, 0.15) is 5.56 Å². The number of benzene rings is 1. The van der Waals surface area contributed by atoms with Crippen molar-refractivity contribution in [2.24, 2.45) is 0 Å². The third-order valence-corrected chi connectivity index (χ3v) is 2.60. The molecule has 0 fully saturated rings. The zero-order valence-electron chi connectivity index (χ0n) is 9.75. The summed E-state index contributed by atoms with van der Waals surface area (Å²) in [5.74, 6) is -3.77. The lowest BCUT2D eigenvalue weighted by molar-refractivity contribution is 0.444. The van der Waals surface area contributed by atoms with Gasteiger partial charge in [0.25, 0.3) is 0 Å². The number of halogens is 3. The van der Waals surface area contributed by atoms with Gasteiger partial charge in [-0.05, 0) is 24.1 Å². The van der Waals surface area contributed by atoms with Crippen LogP contribution >= 0.6 is 0 Å². The highest BCUT2D eigenvalue weighted by Gasteiger charge is 2.10. The minimum absolute atomic E-state index is 0.374. The number of nitrogens with one attached hydrogen (secondary N) is 1. The van der Waals surface area contributed by atoms with Gasteiger partial charge in [0.2, 0.25) is 0 Å². The molecule has 18 heavy (non-hydrogen) atoms. The summed E-state index contributed by atoms with van der Waals surface area (Å²) in [4.78, 5) is 0. The van der Waals surface area contributed by atoms with Crippen molar-refractivity contribution in [3.8, 4) is 0 Å². The van der Waals surface area contributed by atoms with Crippen LogP contribution in [0.2, 0.25) is 0 Å². The molecule has 0 saturated heterocycles. The third-order valence-electron chi connectivity index (χ3n) is 2.60. The maximum Gasteiger partial charge on any atom is 0.194 e. The zero-order chi connectivity index (χ0) is 13.1. The molecule has 0 bridgehead atoms. The maximum atomic E-state index is 13.0. The predicted octanol–water partition coefficient (Wildman–Crippen LogP) is 2.58. The van der Waals surface area contributed by atoms with Crippen LogP contribution in [0.25, 0.3) is 0 Å². The summed E-state index contributed by atoms with van der Waals surface area (Å²) in [6.07, 6.45) is 3.79. The lowest BCUT2D eigenvalue weighted by Crippen LogP contribution is -2.03. The second kappa shape index (κ2) is 5.12. The van der Waals surface area contributed by atoms with Gasteiger partial charge in [0.1, 0.15) is 0 Å². The van der Waals surface area contributed by atoms with Gasteiger partial charge in [-0.3, -0.25) is 4.68 Å². The fourth-order valence-electron chi connectivity index (χ4n) is 1.61. The second-order valence-corrected chi connectivity index (χ2v) is 3.87. The van der Waals surface area contributed by atoms with Gasteiger partial charge in [-0.1, -0.05) is 0 Å². The number of hydrogen-bond acceptors (Lipinski definition) is 2. The van der Waals surface area contributed by atoms with Crippen molar-refractivity contribution in [2.75, 3.05) is 12.4 Å². The van der Waals surface area contributed by atoms with E-state index in [9.17, 15) is 13.2 Å². The Morgan fingerprint density at radius 3 is 2.44 bits per heavy atom. The molecule has 3 nitrogen and oxygen atoms in total. The van der Waals surface area contributed by atoms with Crippen LogP contribution in [-0.2, 0) is 13.0 Å². The number of hydrogen-bond donors (Lipinski definition) is 1. The molecule has 0 radical (unpaired) electrons. The monoisotopic (exact) mass is 255 g/mol. The Morgan fingerprint density at radius 2 is 1.89 bits per heavy atom. The number of aryl methyl sites for hydroxylation is 2. The van der Waals surface area contributed by atoms with Crippen LogP contribution in [0.4, 0.5) is 18.9 Å². The summed E-state index contributed by atoms with van der Waals surface area (Å²) in [6, 6.07) is 2.00. The van der Waals surface area contributed by atoms with Crippen molar-refractivity contribution in [3.05, 3.63) is 47.5 Å². The molecule has 2 rings (SSSR count). The van der Waals surface area contributed by atoms with E-state index in [1.807, 2.05) is 0 Å². The topological polar surface area (TPSA) is 29.9 Å². The van der Waals surface area contributed by atoms with Crippen LogP contribution in [-0.4, -0.2) is 16.8 Å². The molecule has 0 aliphatic heterocycles.